The van der Waals surface area contributed by atoms with Crippen LogP contribution in [-0.2, 0) is 9.84 Å². The quantitative estimate of drug-likeness (QED) is 0.154. The van der Waals surface area contributed by atoms with E-state index in [1.807, 2.05) is 13.8 Å². The molecule has 0 spiro atoms. The summed E-state index contributed by atoms with van der Waals surface area (Å²) >= 11 is 6.39. The number of hydrogen-bond donors (Lipinski definition) is 5. The van der Waals surface area contributed by atoms with Crippen LogP contribution >= 0.6 is 11.6 Å². The summed E-state index contributed by atoms with van der Waals surface area (Å²) in [4.78, 5) is 8.85. The molecule has 0 bridgehead atoms. The highest BCUT2D eigenvalue weighted by Crippen LogP contribution is 2.43. The van der Waals surface area contributed by atoms with E-state index in [2.05, 4.69) is 78.0 Å². The maximum Gasteiger partial charge on any atom is 0.229 e. The lowest BCUT2D eigenvalue weighted by Crippen LogP contribution is -2.57. The van der Waals surface area contributed by atoms with E-state index in [1.165, 1.54) is 31.8 Å². The van der Waals surface area contributed by atoms with Crippen molar-refractivity contribution in [2.24, 2.45) is 0 Å². The number of aryl methyl sites for hydroxylation is 1. The SMILES string of the molecule is CN/C=C(/Nc1nc(Nc2cc(C)c(C3CC(C)(C)NC(C)(C)C3)cc2OC(C)C)ncc1Cl)C(=N)S(=O)(=O)C(C)C. The Morgan fingerprint density at radius 2 is 1.79 bits per heavy atom. The van der Waals surface area contributed by atoms with Crippen molar-refractivity contribution in [1.82, 2.24) is 20.6 Å². The first-order chi connectivity index (χ1) is 19.3. The Morgan fingerprint density at radius 3 is 2.33 bits per heavy atom. The predicted octanol–water partition coefficient (Wildman–Crippen LogP) is 6.27. The van der Waals surface area contributed by atoms with E-state index in [0.717, 1.165) is 18.4 Å². The topological polar surface area (TPSA) is 141 Å². The fraction of sp³-hybridized carbons (Fsp3) is 0.567. The highest BCUT2D eigenvalue weighted by atomic mass is 35.5. The van der Waals surface area contributed by atoms with Crippen LogP contribution in [0.5, 0.6) is 5.75 Å². The molecular weight excluding hydrogens is 574 g/mol. The minimum Gasteiger partial charge on any atom is -0.489 e. The highest BCUT2D eigenvalue weighted by Gasteiger charge is 2.39. The Bertz CT molecular complexity index is 1440. The van der Waals surface area contributed by atoms with E-state index in [4.69, 9.17) is 21.7 Å². The molecule has 10 nitrogen and oxygen atoms in total. The first kappa shape index (κ1) is 33.6. The number of halogens is 1. The number of benzene rings is 1. The number of anilines is 3. The standard InChI is InChI=1S/C30H46ClN7O3S/c1-17(2)41-25-12-21(20-13-29(6,7)38-30(8,9)14-20)19(5)11-23(25)36-28-34-15-22(31)27(37-28)35-24(16-33-10)26(32)42(39,40)18(3)4/h11-12,15-18,20,32-33,38H,13-14H2,1-10H3,(H2,34,35,36,37)/b24-16+,32-26?. The molecule has 1 fully saturated rings. The van der Waals surface area contributed by atoms with Crippen LogP contribution in [0.1, 0.15) is 85.3 Å². The zero-order valence-corrected chi connectivity index (χ0v) is 27.9. The lowest BCUT2D eigenvalue weighted by atomic mass is 9.72. The monoisotopic (exact) mass is 619 g/mol. The van der Waals surface area contributed by atoms with Gasteiger partial charge in [0.05, 0.1) is 28.9 Å². The molecule has 0 atom stereocenters. The van der Waals surface area contributed by atoms with Gasteiger partial charge in [-0.2, -0.15) is 4.98 Å². The van der Waals surface area contributed by atoms with Crippen LogP contribution in [0.4, 0.5) is 17.5 Å². The fourth-order valence-corrected chi connectivity index (χ4v) is 6.62. The number of nitrogens with one attached hydrogen (secondary N) is 5. The van der Waals surface area contributed by atoms with Crippen molar-refractivity contribution >= 4 is 43.9 Å². The second kappa shape index (κ2) is 12.8. The molecule has 0 amide bonds. The smallest absolute Gasteiger partial charge is 0.229 e. The Hall–Kier alpha value is -2.89. The van der Waals surface area contributed by atoms with Crippen LogP contribution in [0.15, 0.2) is 30.2 Å². The molecule has 1 aromatic carbocycles. The molecule has 1 aliphatic heterocycles. The van der Waals surface area contributed by atoms with E-state index >= 15 is 0 Å². The van der Waals surface area contributed by atoms with Gasteiger partial charge >= 0.3 is 0 Å². The molecule has 3 rings (SSSR count). The minimum atomic E-state index is -3.85. The van der Waals surface area contributed by atoms with Gasteiger partial charge in [0.25, 0.3) is 0 Å². The van der Waals surface area contributed by atoms with Gasteiger partial charge in [-0.3, -0.25) is 5.41 Å². The summed E-state index contributed by atoms with van der Waals surface area (Å²) in [6.07, 6.45) is 4.75. The van der Waals surface area contributed by atoms with Crippen molar-refractivity contribution in [2.45, 2.75) is 104 Å². The number of piperidine rings is 1. The zero-order chi connectivity index (χ0) is 31.6. The summed E-state index contributed by atoms with van der Waals surface area (Å²) in [5.74, 6) is 1.43. The van der Waals surface area contributed by atoms with Gasteiger partial charge in [0.15, 0.2) is 20.7 Å². The van der Waals surface area contributed by atoms with Crippen molar-refractivity contribution in [3.05, 3.63) is 46.4 Å². The molecule has 232 valence electrons. The lowest BCUT2D eigenvalue weighted by Gasteiger charge is -2.47. The van der Waals surface area contributed by atoms with Crippen molar-refractivity contribution < 1.29 is 13.2 Å². The normalized spacial score (nSPS) is 17.3. The minimum absolute atomic E-state index is 0.000827. The van der Waals surface area contributed by atoms with Gasteiger partial charge in [-0.25, -0.2) is 13.4 Å². The van der Waals surface area contributed by atoms with E-state index in [1.54, 1.807) is 7.05 Å². The molecule has 1 aliphatic rings. The summed E-state index contributed by atoms with van der Waals surface area (Å²) in [6, 6.07) is 4.18. The van der Waals surface area contributed by atoms with E-state index in [0.29, 0.717) is 17.4 Å². The first-order valence-corrected chi connectivity index (χ1v) is 16.1. The van der Waals surface area contributed by atoms with E-state index < -0.39 is 20.1 Å². The summed E-state index contributed by atoms with van der Waals surface area (Å²) in [7, 11) is -2.24. The highest BCUT2D eigenvalue weighted by molar-refractivity contribution is 8.07. The molecule has 0 aliphatic carbocycles. The van der Waals surface area contributed by atoms with Crippen LogP contribution in [0.25, 0.3) is 0 Å². The molecule has 2 aromatic rings. The van der Waals surface area contributed by atoms with Crippen molar-refractivity contribution in [2.75, 3.05) is 17.7 Å². The summed E-state index contributed by atoms with van der Waals surface area (Å²) < 4.78 is 31.6. The van der Waals surface area contributed by atoms with Gasteiger partial charge in [0.1, 0.15) is 10.8 Å². The van der Waals surface area contributed by atoms with Gasteiger partial charge in [0.2, 0.25) is 5.95 Å². The first-order valence-electron chi connectivity index (χ1n) is 14.2. The molecule has 0 unspecified atom stereocenters. The second-order valence-electron chi connectivity index (χ2n) is 12.8. The van der Waals surface area contributed by atoms with Crippen LogP contribution in [0, 0.1) is 12.3 Å². The van der Waals surface area contributed by atoms with Gasteiger partial charge < -0.3 is 26.0 Å². The number of aromatic nitrogens is 2. The Morgan fingerprint density at radius 1 is 1.17 bits per heavy atom. The summed E-state index contributed by atoms with van der Waals surface area (Å²) in [6.45, 7) is 18.1. The molecule has 42 heavy (non-hydrogen) atoms. The van der Waals surface area contributed by atoms with Crippen LogP contribution in [0.3, 0.4) is 0 Å². The van der Waals surface area contributed by atoms with Gasteiger partial charge in [-0.1, -0.05) is 11.6 Å². The third-order valence-electron chi connectivity index (χ3n) is 7.04. The summed E-state index contributed by atoms with van der Waals surface area (Å²) in [5.41, 5.74) is 3.10. The van der Waals surface area contributed by atoms with E-state index in [9.17, 15) is 8.42 Å². The molecular formula is C30H46ClN7O3S. The zero-order valence-electron chi connectivity index (χ0n) is 26.4. The number of hydrogen-bond acceptors (Lipinski definition) is 10. The Kier molecular flexibility index (Phi) is 10.2. The van der Waals surface area contributed by atoms with Gasteiger partial charge in [0, 0.05) is 24.3 Å². The molecule has 1 aromatic heterocycles. The number of ether oxygens (including phenoxy) is 1. The number of rotatable bonds is 10. The van der Waals surface area contributed by atoms with E-state index in [-0.39, 0.29) is 39.7 Å². The third kappa shape index (κ3) is 8.14. The molecule has 12 heteroatoms. The number of nitrogens with zero attached hydrogens (tertiary/aromatic N) is 2. The van der Waals surface area contributed by atoms with Crippen molar-refractivity contribution in [1.29, 1.82) is 5.41 Å². The lowest BCUT2D eigenvalue weighted by molar-refractivity contribution is 0.161. The molecule has 0 radical (unpaired) electrons. The van der Waals surface area contributed by atoms with Gasteiger partial charge in [-0.05, 0) is 104 Å². The van der Waals surface area contributed by atoms with Crippen molar-refractivity contribution in [3.8, 4) is 5.75 Å². The number of sulfone groups is 1. The van der Waals surface area contributed by atoms with Crippen LogP contribution in [0.2, 0.25) is 5.02 Å². The predicted molar refractivity (Wildman–Crippen MR) is 173 cm³/mol. The van der Waals surface area contributed by atoms with Gasteiger partial charge in [-0.15, -0.1) is 0 Å². The van der Waals surface area contributed by atoms with Crippen LogP contribution < -0.4 is 26.0 Å². The van der Waals surface area contributed by atoms with Crippen LogP contribution in [-0.4, -0.2) is 52.9 Å². The average Bonchev–Trinajstić information content (AvgIpc) is 2.84. The second-order valence-corrected chi connectivity index (χ2v) is 15.6. The maximum absolute atomic E-state index is 12.7. The third-order valence-corrected chi connectivity index (χ3v) is 9.35. The average molecular weight is 620 g/mol. The fourth-order valence-electron chi connectivity index (χ4n) is 5.59. The molecule has 5 N–H and O–H groups in total. The molecule has 2 heterocycles. The largest absolute Gasteiger partial charge is 0.489 e. The summed E-state index contributed by atoms with van der Waals surface area (Å²) in [5, 5.41) is 19.9. The Balaban J connectivity index is 1.98. The Labute approximate surface area is 255 Å². The van der Waals surface area contributed by atoms with Crippen molar-refractivity contribution in [3.63, 3.8) is 0 Å². The molecule has 1 saturated heterocycles. The molecule has 0 saturated carbocycles. The maximum atomic E-state index is 12.7.